The third kappa shape index (κ3) is 5.76. The van der Waals surface area contributed by atoms with Gasteiger partial charge in [0.2, 0.25) is 0 Å². The van der Waals surface area contributed by atoms with Crippen molar-refractivity contribution in [3.8, 4) is 11.5 Å². The van der Waals surface area contributed by atoms with Crippen molar-refractivity contribution in [3.63, 3.8) is 0 Å². The van der Waals surface area contributed by atoms with Crippen LogP contribution in [0.15, 0.2) is 60.9 Å². The number of amides is 1. The molecule has 0 unspecified atom stereocenters. The molecule has 3 aromatic rings. The summed E-state index contributed by atoms with van der Waals surface area (Å²) in [6, 6.07) is 14.8. The number of hydrogen-bond acceptors (Lipinski definition) is 4. The quantitative estimate of drug-likeness (QED) is 0.553. The fourth-order valence-corrected chi connectivity index (χ4v) is 2.75. The van der Waals surface area contributed by atoms with Crippen molar-refractivity contribution >= 4 is 17.5 Å². The Hall–Kier alpha value is -2.99. The first-order chi connectivity index (χ1) is 13.6. The molecule has 7 heteroatoms. The first kappa shape index (κ1) is 19.8. The lowest BCUT2D eigenvalue weighted by molar-refractivity contribution is 0.0952. The average molecular weight is 400 g/mol. The van der Waals surface area contributed by atoms with Gasteiger partial charge >= 0.3 is 0 Å². The SMILES string of the molecule is COc1ccc(OCc2ccc(C(=O)NCCCn3cc(Cl)cn3)cc2)cc1. The van der Waals surface area contributed by atoms with Crippen LogP contribution >= 0.6 is 11.6 Å². The van der Waals surface area contributed by atoms with Gasteiger partial charge in [-0.2, -0.15) is 5.10 Å². The molecular formula is C21H22ClN3O3. The Kier molecular flexibility index (Phi) is 6.92. The molecule has 2 aromatic carbocycles. The number of nitrogens with one attached hydrogen (secondary N) is 1. The topological polar surface area (TPSA) is 65.4 Å². The summed E-state index contributed by atoms with van der Waals surface area (Å²) < 4.78 is 12.6. The molecule has 1 aromatic heterocycles. The number of aryl methyl sites for hydroxylation is 1. The van der Waals surface area contributed by atoms with Gasteiger partial charge in [0.05, 0.1) is 18.3 Å². The van der Waals surface area contributed by atoms with Crippen molar-refractivity contribution < 1.29 is 14.3 Å². The van der Waals surface area contributed by atoms with Crippen LogP contribution in [0.5, 0.6) is 11.5 Å². The summed E-state index contributed by atoms with van der Waals surface area (Å²) in [6.07, 6.45) is 4.13. The van der Waals surface area contributed by atoms with E-state index in [0.717, 1.165) is 23.5 Å². The van der Waals surface area contributed by atoms with Gasteiger partial charge in [0.25, 0.3) is 5.91 Å². The van der Waals surface area contributed by atoms with Crippen molar-refractivity contribution in [1.82, 2.24) is 15.1 Å². The molecule has 0 radical (unpaired) electrons. The number of carbonyl (C=O) groups excluding carboxylic acids is 1. The first-order valence-electron chi connectivity index (χ1n) is 8.96. The predicted molar refractivity (Wildman–Crippen MR) is 108 cm³/mol. The van der Waals surface area contributed by atoms with Crippen LogP contribution in [0.2, 0.25) is 5.02 Å². The Morgan fingerprint density at radius 1 is 1.11 bits per heavy atom. The number of methoxy groups -OCH3 is 1. The fourth-order valence-electron chi connectivity index (χ4n) is 2.60. The Bertz CT molecular complexity index is 892. The van der Waals surface area contributed by atoms with Gasteiger partial charge in [0.15, 0.2) is 0 Å². The van der Waals surface area contributed by atoms with Gasteiger partial charge in [-0.3, -0.25) is 9.48 Å². The molecule has 0 aliphatic carbocycles. The van der Waals surface area contributed by atoms with Crippen molar-refractivity contribution in [2.75, 3.05) is 13.7 Å². The summed E-state index contributed by atoms with van der Waals surface area (Å²) in [4.78, 5) is 12.2. The van der Waals surface area contributed by atoms with Gasteiger partial charge in [-0.05, 0) is 48.4 Å². The summed E-state index contributed by atoms with van der Waals surface area (Å²) in [6.45, 7) is 1.70. The Morgan fingerprint density at radius 3 is 2.46 bits per heavy atom. The van der Waals surface area contributed by atoms with Crippen molar-refractivity contribution in [2.24, 2.45) is 0 Å². The lowest BCUT2D eigenvalue weighted by atomic mass is 10.1. The van der Waals surface area contributed by atoms with E-state index in [4.69, 9.17) is 21.1 Å². The summed E-state index contributed by atoms with van der Waals surface area (Å²) in [5.74, 6) is 1.46. The summed E-state index contributed by atoms with van der Waals surface area (Å²) >= 11 is 5.82. The van der Waals surface area contributed by atoms with Crippen LogP contribution < -0.4 is 14.8 Å². The van der Waals surface area contributed by atoms with Gasteiger partial charge in [-0.15, -0.1) is 0 Å². The summed E-state index contributed by atoms with van der Waals surface area (Å²) in [5.41, 5.74) is 1.61. The largest absolute Gasteiger partial charge is 0.497 e. The molecule has 0 fully saturated rings. The molecular weight excluding hydrogens is 378 g/mol. The van der Waals surface area contributed by atoms with E-state index in [1.165, 1.54) is 0 Å². The van der Waals surface area contributed by atoms with Crippen LogP contribution in [-0.4, -0.2) is 29.3 Å². The van der Waals surface area contributed by atoms with E-state index in [1.54, 1.807) is 36.3 Å². The molecule has 0 saturated carbocycles. The minimum absolute atomic E-state index is 0.0962. The summed E-state index contributed by atoms with van der Waals surface area (Å²) in [7, 11) is 1.63. The maximum atomic E-state index is 12.2. The predicted octanol–water partition coefficient (Wildman–Crippen LogP) is 3.94. The van der Waals surface area contributed by atoms with Gasteiger partial charge in [0, 0.05) is 24.8 Å². The molecule has 1 amide bonds. The van der Waals surface area contributed by atoms with E-state index in [9.17, 15) is 4.79 Å². The highest BCUT2D eigenvalue weighted by Gasteiger charge is 2.05. The molecule has 28 heavy (non-hydrogen) atoms. The molecule has 6 nitrogen and oxygen atoms in total. The highest BCUT2D eigenvalue weighted by molar-refractivity contribution is 6.30. The molecule has 0 aliphatic rings. The van der Waals surface area contributed by atoms with Crippen LogP contribution in [0, 0.1) is 0 Å². The Balaban J connectivity index is 1.41. The molecule has 0 saturated heterocycles. The molecule has 146 valence electrons. The number of hydrogen-bond donors (Lipinski definition) is 1. The third-order valence-electron chi connectivity index (χ3n) is 4.13. The second-order valence-electron chi connectivity index (χ2n) is 6.19. The second-order valence-corrected chi connectivity index (χ2v) is 6.63. The van der Waals surface area contributed by atoms with Crippen molar-refractivity contribution in [3.05, 3.63) is 77.1 Å². The maximum Gasteiger partial charge on any atom is 0.251 e. The maximum absolute atomic E-state index is 12.2. The normalized spacial score (nSPS) is 10.5. The minimum Gasteiger partial charge on any atom is -0.497 e. The van der Waals surface area contributed by atoms with E-state index in [1.807, 2.05) is 36.4 Å². The first-order valence-corrected chi connectivity index (χ1v) is 9.34. The zero-order chi connectivity index (χ0) is 19.8. The molecule has 1 heterocycles. The zero-order valence-electron chi connectivity index (χ0n) is 15.6. The smallest absolute Gasteiger partial charge is 0.251 e. The lowest BCUT2D eigenvalue weighted by Gasteiger charge is -2.09. The number of carbonyl (C=O) groups is 1. The standard InChI is InChI=1S/C21H22ClN3O3/c1-27-19-7-9-20(10-8-19)28-15-16-3-5-17(6-4-16)21(26)23-11-2-12-25-14-18(22)13-24-25/h3-10,13-14H,2,11-12,15H2,1H3,(H,23,26). The number of halogens is 1. The number of nitrogens with zero attached hydrogens (tertiary/aromatic N) is 2. The molecule has 0 bridgehead atoms. The van der Waals surface area contributed by atoms with Crippen LogP contribution in [0.25, 0.3) is 0 Å². The Morgan fingerprint density at radius 2 is 1.82 bits per heavy atom. The minimum atomic E-state index is -0.0962. The van der Waals surface area contributed by atoms with Gasteiger partial charge in [0.1, 0.15) is 18.1 Å². The highest BCUT2D eigenvalue weighted by atomic mass is 35.5. The molecule has 0 atom stereocenters. The van der Waals surface area contributed by atoms with Crippen LogP contribution in [0.3, 0.4) is 0 Å². The summed E-state index contributed by atoms with van der Waals surface area (Å²) in [5, 5.41) is 7.62. The fraction of sp³-hybridized carbons (Fsp3) is 0.238. The van der Waals surface area contributed by atoms with E-state index in [-0.39, 0.29) is 5.91 Å². The number of ether oxygens (including phenoxy) is 2. The van der Waals surface area contributed by atoms with E-state index in [0.29, 0.717) is 30.3 Å². The lowest BCUT2D eigenvalue weighted by Crippen LogP contribution is -2.25. The third-order valence-corrected chi connectivity index (χ3v) is 4.33. The molecule has 3 rings (SSSR count). The number of aromatic nitrogens is 2. The number of benzene rings is 2. The van der Waals surface area contributed by atoms with Gasteiger partial charge < -0.3 is 14.8 Å². The van der Waals surface area contributed by atoms with Gasteiger partial charge in [-0.25, -0.2) is 0 Å². The van der Waals surface area contributed by atoms with E-state index < -0.39 is 0 Å². The Labute approximate surface area is 169 Å². The molecule has 0 aliphatic heterocycles. The molecule has 1 N–H and O–H groups in total. The highest BCUT2D eigenvalue weighted by Crippen LogP contribution is 2.18. The average Bonchev–Trinajstić information content (AvgIpc) is 3.15. The van der Waals surface area contributed by atoms with Gasteiger partial charge in [-0.1, -0.05) is 23.7 Å². The van der Waals surface area contributed by atoms with Crippen molar-refractivity contribution in [2.45, 2.75) is 19.6 Å². The van der Waals surface area contributed by atoms with Crippen molar-refractivity contribution in [1.29, 1.82) is 0 Å². The second kappa shape index (κ2) is 9.80. The van der Waals surface area contributed by atoms with E-state index >= 15 is 0 Å². The van der Waals surface area contributed by atoms with Crippen LogP contribution in [-0.2, 0) is 13.2 Å². The zero-order valence-corrected chi connectivity index (χ0v) is 16.4. The monoisotopic (exact) mass is 399 g/mol. The number of rotatable bonds is 9. The van der Waals surface area contributed by atoms with Crippen LogP contribution in [0.4, 0.5) is 0 Å². The van der Waals surface area contributed by atoms with Crippen LogP contribution in [0.1, 0.15) is 22.3 Å². The van der Waals surface area contributed by atoms with E-state index in [2.05, 4.69) is 10.4 Å². The molecule has 0 spiro atoms.